The molecule has 0 atom stereocenters. The molecule has 0 bridgehead atoms. The molecule has 0 unspecified atom stereocenters. The van der Waals surface area contributed by atoms with Crippen molar-refractivity contribution >= 4 is 34.4 Å². The average Bonchev–Trinajstić information content (AvgIpc) is 2.41. The fourth-order valence-corrected chi connectivity index (χ4v) is 2.21. The lowest BCUT2D eigenvalue weighted by molar-refractivity contribution is 1.03. The van der Waals surface area contributed by atoms with Gasteiger partial charge in [0.15, 0.2) is 5.11 Å². The average molecular weight is 227 g/mol. The molecule has 3 nitrogen and oxygen atoms in total. The molecule has 0 radical (unpaired) electrons. The Balaban J connectivity index is 2.88. The molecule has 1 heterocycles. The summed E-state index contributed by atoms with van der Waals surface area (Å²) in [4.78, 5) is 2.54. The highest BCUT2D eigenvalue weighted by molar-refractivity contribution is 7.80. The third-order valence-electron chi connectivity index (χ3n) is 1.76. The molecule has 76 valence electrons. The number of rotatable bonds is 2. The zero-order valence-electron chi connectivity index (χ0n) is 8.42. The molecule has 1 rings (SSSR count). The molecule has 0 aromatic carbocycles. The Bertz CT molecular complexity index is 379. The van der Waals surface area contributed by atoms with E-state index in [9.17, 15) is 0 Å². The Morgan fingerprint density at radius 2 is 2.21 bits per heavy atom. The predicted molar refractivity (Wildman–Crippen MR) is 65.9 cm³/mol. The molecule has 0 saturated heterocycles. The van der Waals surface area contributed by atoms with E-state index in [-0.39, 0.29) is 5.11 Å². The van der Waals surface area contributed by atoms with Gasteiger partial charge in [0, 0.05) is 15.3 Å². The summed E-state index contributed by atoms with van der Waals surface area (Å²) in [5.41, 5.74) is 9.91. The first-order chi connectivity index (χ1) is 6.50. The number of thiocarbonyl (C=S) groups is 1. The number of nitrogens with zero attached hydrogens (tertiary/aromatic N) is 1. The Kier molecular flexibility index (Phi) is 3.60. The van der Waals surface area contributed by atoms with Gasteiger partial charge in [0.25, 0.3) is 0 Å². The Morgan fingerprint density at radius 1 is 1.57 bits per heavy atom. The van der Waals surface area contributed by atoms with Gasteiger partial charge in [0.2, 0.25) is 0 Å². The van der Waals surface area contributed by atoms with Crippen LogP contribution < -0.4 is 11.2 Å². The van der Waals surface area contributed by atoms with E-state index >= 15 is 0 Å². The zero-order chi connectivity index (χ0) is 10.7. The van der Waals surface area contributed by atoms with Crippen molar-refractivity contribution in [3.05, 3.63) is 21.4 Å². The number of nitrogens with one attached hydrogen (secondary N) is 1. The third kappa shape index (κ3) is 2.78. The Labute approximate surface area is 93.0 Å². The van der Waals surface area contributed by atoms with Crippen molar-refractivity contribution < 1.29 is 0 Å². The second-order valence-corrected chi connectivity index (χ2v) is 4.90. The fourth-order valence-electron chi connectivity index (χ4n) is 1.19. The van der Waals surface area contributed by atoms with E-state index in [2.05, 4.69) is 42.7 Å². The van der Waals surface area contributed by atoms with E-state index in [1.54, 1.807) is 11.3 Å². The molecule has 14 heavy (non-hydrogen) atoms. The molecule has 0 aliphatic heterocycles. The van der Waals surface area contributed by atoms with Crippen LogP contribution in [-0.2, 0) is 0 Å². The van der Waals surface area contributed by atoms with Crippen LogP contribution in [0.15, 0.2) is 11.2 Å². The van der Waals surface area contributed by atoms with Gasteiger partial charge in [-0.25, -0.2) is 0 Å². The monoisotopic (exact) mass is 227 g/mol. The molecule has 0 amide bonds. The van der Waals surface area contributed by atoms with Crippen LogP contribution in [0.3, 0.4) is 0 Å². The van der Waals surface area contributed by atoms with Crippen molar-refractivity contribution in [2.24, 2.45) is 10.8 Å². The van der Waals surface area contributed by atoms with E-state index in [1.165, 1.54) is 9.75 Å². The van der Waals surface area contributed by atoms with Gasteiger partial charge >= 0.3 is 0 Å². The third-order valence-corrected chi connectivity index (χ3v) is 2.82. The number of hydrazone groups is 1. The van der Waals surface area contributed by atoms with Gasteiger partial charge < -0.3 is 5.73 Å². The van der Waals surface area contributed by atoms with Crippen molar-refractivity contribution in [1.82, 2.24) is 5.43 Å². The minimum absolute atomic E-state index is 0.189. The van der Waals surface area contributed by atoms with Crippen LogP contribution in [0.1, 0.15) is 22.2 Å². The quantitative estimate of drug-likeness (QED) is 0.461. The molecule has 5 heteroatoms. The maximum Gasteiger partial charge on any atom is 0.184 e. The highest BCUT2D eigenvalue weighted by atomic mass is 32.1. The predicted octanol–water partition coefficient (Wildman–Crippen LogP) is 1.92. The van der Waals surface area contributed by atoms with Crippen LogP contribution >= 0.6 is 23.6 Å². The van der Waals surface area contributed by atoms with E-state index in [4.69, 9.17) is 5.73 Å². The first-order valence-electron chi connectivity index (χ1n) is 4.18. The fraction of sp³-hybridized carbons (Fsp3) is 0.333. The van der Waals surface area contributed by atoms with Crippen molar-refractivity contribution in [2.75, 3.05) is 0 Å². The molecule has 1 aromatic heterocycles. The minimum Gasteiger partial charge on any atom is -0.375 e. The van der Waals surface area contributed by atoms with Crippen LogP contribution in [-0.4, -0.2) is 10.8 Å². The van der Waals surface area contributed by atoms with Gasteiger partial charge in [0.05, 0.1) is 5.71 Å². The van der Waals surface area contributed by atoms with Crippen LogP contribution in [0, 0.1) is 13.8 Å². The number of thiophene rings is 1. The SMILES string of the molecule is C/C(=N\NC(N)=S)c1cc(C)sc1C. The molecule has 0 fully saturated rings. The van der Waals surface area contributed by atoms with E-state index in [0.717, 1.165) is 11.3 Å². The molecular formula is C9H13N3S2. The molecular weight excluding hydrogens is 214 g/mol. The lowest BCUT2D eigenvalue weighted by atomic mass is 10.2. The smallest absolute Gasteiger partial charge is 0.184 e. The topological polar surface area (TPSA) is 50.4 Å². The lowest BCUT2D eigenvalue weighted by Gasteiger charge is -2.00. The first-order valence-corrected chi connectivity index (χ1v) is 5.40. The Hall–Kier alpha value is -0.940. The van der Waals surface area contributed by atoms with Crippen LogP contribution in [0.5, 0.6) is 0 Å². The van der Waals surface area contributed by atoms with Gasteiger partial charge in [-0.3, -0.25) is 5.43 Å². The highest BCUT2D eigenvalue weighted by Crippen LogP contribution is 2.20. The standard InChI is InChI=1S/C9H13N3S2/c1-5-4-8(7(3)14-5)6(2)11-12-9(10)13/h4H,1-3H3,(H3,10,12,13)/b11-6+. The minimum atomic E-state index is 0.189. The Morgan fingerprint density at radius 3 is 2.64 bits per heavy atom. The van der Waals surface area contributed by atoms with Gasteiger partial charge in [-0.05, 0) is 39.1 Å². The van der Waals surface area contributed by atoms with Crippen molar-refractivity contribution in [1.29, 1.82) is 0 Å². The van der Waals surface area contributed by atoms with Gasteiger partial charge in [0.1, 0.15) is 0 Å². The summed E-state index contributed by atoms with van der Waals surface area (Å²) in [6.45, 7) is 6.09. The molecule has 0 aliphatic rings. The highest BCUT2D eigenvalue weighted by Gasteiger charge is 2.05. The summed E-state index contributed by atoms with van der Waals surface area (Å²) in [5.74, 6) is 0. The van der Waals surface area contributed by atoms with Crippen molar-refractivity contribution in [3.63, 3.8) is 0 Å². The van der Waals surface area contributed by atoms with E-state index in [1.807, 2.05) is 6.92 Å². The van der Waals surface area contributed by atoms with Crippen LogP contribution in [0.25, 0.3) is 0 Å². The first kappa shape index (κ1) is 11.1. The number of hydrogen-bond donors (Lipinski definition) is 2. The molecule has 3 N–H and O–H groups in total. The summed E-state index contributed by atoms with van der Waals surface area (Å²) in [6, 6.07) is 2.11. The van der Waals surface area contributed by atoms with Gasteiger partial charge in [-0.2, -0.15) is 5.10 Å². The van der Waals surface area contributed by atoms with Crippen LogP contribution in [0.4, 0.5) is 0 Å². The lowest BCUT2D eigenvalue weighted by Crippen LogP contribution is -2.25. The second-order valence-electron chi connectivity index (χ2n) is 3.00. The number of aryl methyl sites for hydroxylation is 2. The summed E-state index contributed by atoms with van der Waals surface area (Å²) >= 11 is 6.42. The molecule has 1 aromatic rings. The summed E-state index contributed by atoms with van der Waals surface area (Å²) in [7, 11) is 0. The van der Waals surface area contributed by atoms with Gasteiger partial charge in [-0.1, -0.05) is 0 Å². The summed E-state index contributed by atoms with van der Waals surface area (Å²) in [6.07, 6.45) is 0. The molecule has 0 saturated carbocycles. The second kappa shape index (κ2) is 4.52. The van der Waals surface area contributed by atoms with E-state index < -0.39 is 0 Å². The largest absolute Gasteiger partial charge is 0.375 e. The van der Waals surface area contributed by atoms with Gasteiger partial charge in [-0.15, -0.1) is 11.3 Å². The van der Waals surface area contributed by atoms with Crippen LogP contribution in [0.2, 0.25) is 0 Å². The van der Waals surface area contributed by atoms with Crippen molar-refractivity contribution in [3.8, 4) is 0 Å². The van der Waals surface area contributed by atoms with E-state index in [0.29, 0.717) is 0 Å². The zero-order valence-corrected chi connectivity index (χ0v) is 10.1. The normalized spacial score (nSPS) is 11.5. The maximum atomic E-state index is 5.28. The summed E-state index contributed by atoms with van der Waals surface area (Å²) in [5, 5.41) is 4.26. The number of hydrogen-bond acceptors (Lipinski definition) is 3. The maximum absolute atomic E-state index is 5.28. The van der Waals surface area contributed by atoms with Crippen molar-refractivity contribution in [2.45, 2.75) is 20.8 Å². The number of nitrogens with two attached hydrogens (primary N) is 1. The molecule has 0 spiro atoms. The summed E-state index contributed by atoms with van der Waals surface area (Å²) < 4.78 is 0. The molecule has 0 aliphatic carbocycles.